The number of benzene rings is 1. The largest absolute Gasteiger partial charge is 0.465 e. The van der Waals surface area contributed by atoms with Crippen molar-refractivity contribution in [2.75, 3.05) is 12.3 Å². The molecule has 27 heavy (non-hydrogen) atoms. The summed E-state index contributed by atoms with van der Waals surface area (Å²) < 4.78 is 1.81. The molecule has 4 aromatic rings. The van der Waals surface area contributed by atoms with Gasteiger partial charge in [-0.05, 0) is 31.0 Å². The Morgan fingerprint density at radius 1 is 1.26 bits per heavy atom. The molecule has 0 bridgehead atoms. The van der Waals surface area contributed by atoms with Gasteiger partial charge >= 0.3 is 6.09 Å². The average molecular weight is 365 g/mol. The fraction of sp³-hybridized carbons (Fsp3) is 0.222. The Labute approximate surface area is 154 Å². The molecule has 0 atom stereocenters. The van der Waals surface area contributed by atoms with Gasteiger partial charge in [-0.25, -0.2) is 19.4 Å². The molecule has 0 aliphatic carbocycles. The Balaban J connectivity index is 1.67. The van der Waals surface area contributed by atoms with E-state index in [0.717, 1.165) is 34.0 Å². The molecule has 0 fully saturated rings. The summed E-state index contributed by atoms with van der Waals surface area (Å²) in [5.41, 5.74) is 9.55. The molecule has 1 aromatic carbocycles. The van der Waals surface area contributed by atoms with Crippen molar-refractivity contribution in [2.45, 2.75) is 19.4 Å². The smallest absolute Gasteiger partial charge is 0.404 e. The molecule has 9 heteroatoms. The number of hydrogen-bond donors (Lipinski definition) is 4. The second-order valence-electron chi connectivity index (χ2n) is 6.25. The normalized spacial score (nSPS) is 11.3. The zero-order valence-electron chi connectivity index (χ0n) is 14.5. The maximum Gasteiger partial charge on any atom is 0.404 e. The number of carboxylic acid groups (broad SMARTS) is 1. The van der Waals surface area contributed by atoms with Gasteiger partial charge in [0.25, 0.3) is 0 Å². The van der Waals surface area contributed by atoms with Gasteiger partial charge in [-0.2, -0.15) is 5.10 Å². The van der Waals surface area contributed by atoms with Gasteiger partial charge in [0.15, 0.2) is 5.65 Å². The van der Waals surface area contributed by atoms with E-state index in [1.54, 1.807) is 0 Å². The van der Waals surface area contributed by atoms with Gasteiger partial charge in [0.05, 0.1) is 5.39 Å². The zero-order chi connectivity index (χ0) is 18.8. The fourth-order valence-corrected chi connectivity index (χ4v) is 3.17. The summed E-state index contributed by atoms with van der Waals surface area (Å²) in [5.74, 6) is 0.392. The molecule has 0 radical (unpaired) electrons. The lowest BCUT2D eigenvalue weighted by Gasteiger charge is -2.03. The monoisotopic (exact) mass is 365 g/mol. The SMILES string of the molecule is Nc1ncnc2c1c(-c1ccc3[nH]ccc3c1)nn2CCCCNC(=O)O. The van der Waals surface area contributed by atoms with Crippen LogP contribution in [0.25, 0.3) is 33.2 Å². The summed E-state index contributed by atoms with van der Waals surface area (Å²) >= 11 is 0. The number of unbranched alkanes of at least 4 members (excludes halogenated alkanes) is 1. The van der Waals surface area contributed by atoms with Gasteiger partial charge in [0.2, 0.25) is 0 Å². The van der Waals surface area contributed by atoms with E-state index >= 15 is 0 Å². The molecule has 4 rings (SSSR count). The molecule has 138 valence electrons. The van der Waals surface area contributed by atoms with Gasteiger partial charge in [0, 0.05) is 35.8 Å². The van der Waals surface area contributed by atoms with Crippen LogP contribution in [0.5, 0.6) is 0 Å². The lowest BCUT2D eigenvalue weighted by molar-refractivity contribution is 0.194. The minimum atomic E-state index is -1.01. The number of aromatic amines is 1. The van der Waals surface area contributed by atoms with E-state index in [0.29, 0.717) is 31.0 Å². The molecule has 9 nitrogen and oxygen atoms in total. The highest BCUT2D eigenvalue weighted by molar-refractivity contribution is 5.99. The predicted molar refractivity (Wildman–Crippen MR) is 102 cm³/mol. The van der Waals surface area contributed by atoms with Crippen LogP contribution in [0.3, 0.4) is 0 Å². The number of H-pyrrole nitrogens is 1. The van der Waals surface area contributed by atoms with Crippen LogP contribution in [0, 0.1) is 0 Å². The summed E-state index contributed by atoms with van der Waals surface area (Å²) in [5, 5.41) is 17.5. The maximum absolute atomic E-state index is 10.5. The van der Waals surface area contributed by atoms with Crippen molar-refractivity contribution in [2.24, 2.45) is 0 Å². The molecular weight excluding hydrogens is 346 g/mol. The van der Waals surface area contributed by atoms with Crippen molar-refractivity contribution in [3.05, 3.63) is 36.8 Å². The van der Waals surface area contributed by atoms with Crippen LogP contribution in [0.15, 0.2) is 36.8 Å². The van der Waals surface area contributed by atoms with Crippen molar-refractivity contribution in [1.29, 1.82) is 0 Å². The number of carbonyl (C=O) groups is 1. The minimum absolute atomic E-state index is 0.392. The molecule has 3 heterocycles. The van der Waals surface area contributed by atoms with Crippen LogP contribution < -0.4 is 11.1 Å². The van der Waals surface area contributed by atoms with E-state index in [1.165, 1.54) is 6.33 Å². The molecule has 0 saturated heterocycles. The number of rotatable bonds is 6. The summed E-state index contributed by atoms with van der Waals surface area (Å²) in [6.07, 6.45) is 3.78. The molecule has 0 spiro atoms. The highest BCUT2D eigenvalue weighted by Gasteiger charge is 2.17. The number of nitrogens with one attached hydrogen (secondary N) is 2. The highest BCUT2D eigenvalue weighted by Crippen LogP contribution is 2.31. The number of nitrogens with two attached hydrogens (primary N) is 1. The minimum Gasteiger partial charge on any atom is -0.465 e. The standard InChI is InChI=1S/C18H19N7O2/c19-16-14-15(12-3-4-13-11(9-12)5-7-20-13)24-25(17(14)23-10-22-16)8-2-1-6-21-18(26)27/h3-5,7,9-10,20-21H,1-2,6,8H2,(H,26,27)(H2,19,22,23). The average Bonchev–Trinajstić information content (AvgIpc) is 3.26. The molecule has 3 aromatic heterocycles. The second-order valence-corrected chi connectivity index (χ2v) is 6.25. The van der Waals surface area contributed by atoms with Gasteiger partial charge in [-0.3, -0.25) is 0 Å². The summed E-state index contributed by atoms with van der Waals surface area (Å²) in [6, 6.07) is 8.07. The molecular formula is C18H19N7O2. The Hall–Kier alpha value is -3.62. The highest BCUT2D eigenvalue weighted by atomic mass is 16.4. The van der Waals surface area contributed by atoms with Crippen molar-refractivity contribution in [1.82, 2.24) is 30.0 Å². The third-order valence-electron chi connectivity index (χ3n) is 4.46. The first-order valence-corrected chi connectivity index (χ1v) is 8.65. The Kier molecular flexibility index (Phi) is 4.33. The first-order valence-electron chi connectivity index (χ1n) is 8.65. The van der Waals surface area contributed by atoms with Crippen LogP contribution >= 0.6 is 0 Å². The Morgan fingerprint density at radius 2 is 2.15 bits per heavy atom. The number of aromatic nitrogens is 5. The van der Waals surface area contributed by atoms with E-state index in [1.807, 2.05) is 29.1 Å². The van der Waals surface area contributed by atoms with Gasteiger partial charge in [-0.1, -0.05) is 6.07 Å². The fourth-order valence-electron chi connectivity index (χ4n) is 3.17. The van der Waals surface area contributed by atoms with Crippen LogP contribution in [-0.4, -0.2) is 42.5 Å². The number of aryl methyl sites for hydroxylation is 1. The summed E-state index contributed by atoms with van der Waals surface area (Å²) in [7, 11) is 0. The number of anilines is 1. The number of nitrogen functional groups attached to an aromatic ring is 1. The van der Waals surface area contributed by atoms with Crippen molar-refractivity contribution >= 4 is 33.8 Å². The van der Waals surface area contributed by atoms with Gasteiger partial charge < -0.3 is 21.1 Å². The number of nitrogens with zero attached hydrogens (tertiary/aromatic N) is 4. The number of amides is 1. The van der Waals surface area contributed by atoms with Crippen LogP contribution in [0.1, 0.15) is 12.8 Å². The van der Waals surface area contributed by atoms with Crippen molar-refractivity contribution in [3.63, 3.8) is 0 Å². The van der Waals surface area contributed by atoms with E-state index < -0.39 is 6.09 Å². The third kappa shape index (κ3) is 3.26. The summed E-state index contributed by atoms with van der Waals surface area (Å²) in [6.45, 7) is 1.02. The first kappa shape index (κ1) is 16.8. The Bertz CT molecular complexity index is 1120. The van der Waals surface area contributed by atoms with E-state index in [2.05, 4.69) is 26.3 Å². The lowest BCUT2D eigenvalue weighted by atomic mass is 10.1. The van der Waals surface area contributed by atoms with E-state index in [9.17, 15) is 4.79 Å². The lowest BCUT2D eigenvalue weighted by Crippen LogP contribution is -2.22. The van der Waals surface area contributed by atoms with Crippen LogP contribution in [-0.2, 0) is 6.54 Å². The predicted octanol–water partition coefficient (Wildman–Crippen LogP) is 2.60. The maximum atomic E-state index is 10.5. The molecule has 0 aliphatic heterocycles. The molecule has 5 N–H and O–H groups in total. The van der Waals surface area contributed by atoms with E-state index in [-0.39, 0.29) is 0 Å². The van der Waals surface area contributed by atoms with Gasteiger partial charge in [-0.15, -0.1) is 0 Å². The molecule has 0 unspecified atom stereocenters. The van der Waals surface area contributed by atoms with Crippen LogP contribution in [0.4, 0.5) is 10.6 Å². The van der Waals surface area contributed by atoms with Crippen molar-refractivity contribution in [3.8, 4) is 11.3 Å². The van der Waals surface area contributed by atoms with Crippen LogP contribution in [0.2, 0.25) is 0 Å². The second kappa shape index (κ2) is 6.94. The number of hydrogen-bond acceptors (Lipinski definition) is 5. The quantitative estimate of drug-likeness (QED) is 0.388. The first-order chi connectivity index (χ1) is 13.1. The molecule has 0 aliphatic rings. The molecule has 0 saturated carbocycles. The Morgan fingerprint density at radius 3 is 3.00 bits per heavy atom. The molecule has 1 amide bonds. The zero-order valence-corrected chi connectivity index (χ0v) is 14.5. The third-order valence-corrected chi connectivity index (χ3v) is 4.46. The topological polar surface area (TPSA) is 135 Å². The van der Waals surface area contributed by atoms with Crippen molar-refractivity contribution < 1.29 is 9.90 Å². The van der Waals surface area contributed by atoms with Gasteiger partial charge in [0.1, 0.15) is 17.8 Å². The van der Waals surface area contributed by atoms with E-state index in [4.69, 9.17) is 15.9 Å². The summed E-state index contributed by atoms with van der Waals surface area (Å²) in [4.78, 5) is 22.2. The number of fused-ring (bicyclic) bond motifs is 2.